The molecule has 5 heteroatoms. The molecule has 2 aliphatic rings. The van der Waals surface area contributed by atoms with Gasteiger partial charge in [-0.25, -0.2) is 0 Å². The monoisotopic (exact) mass is 230 g/mol. The smallest absolute Gasteiger partial charge is 0.0583 e. The van der Waals surface area contributed by atoms with E-state index < -0.39 is 0 Å². The Bertz CT molecular complexity index is 107. The molecule has 2 heterocycles. The first-order valence-corrected chi connectivity index (χ1v) is 9.95. The SMILES string of the molecule is C1CC([SH]2CSSCS2)S1. The van der Waals surface area contributed by atoms with Crippen molar-refractivity contribution < 1.29 is 0 Å². The molecule has 2 saturated heterocycles. The molecular weight excluding hydrogens is 220 g/mol. The summed E-state index contributed by atoms with van der Waals surface area (Å²) in [4.78, 5) is 0. The van der Waals surface area contributed by atoms with Crippen LogP contribution < -0.4 is 0 Å². The standard InChI is InChI=1S/C5H10S5/c1-2-6-5(1)10-4-8-7-3-9-10/h5,10H,1-4H2. The summed E-state index contributed by atoms with van der Waals surface area (Å²) in [5, 5.41) is 2.79. The summed E-state index contributed by atoms with van der Waals surface area (Å²) in [6.45, 7) is 0. The number of hydrogen-bond acceptors (Lipinski definition) is 4. The van der Waals surface area contributed by atoms with Gasteiger partial charge in [-0.05, 0) is 12.2 Å². The molecule has 0 aromatic rings. The van der Waals surface area contributed by atoms with Gasteiger partial charge in [0.2, 0.25) is 0 Å². The van der Waals surface area contributed by atoms with Gasteiger partial charge >= 0.3 is 0 Å². The lowest BCUT2D eigenvalue weighted by Crippen LogP contribution is -2.15. The van der Waals surface area contributed by atoms with E-state index in [1.807, 2.05) is 10.8 Å². The summed E-state index contributed by atoms with van der Waals surface area (Å²) in [6, 6.07) is 0. The van der Waals surface area contributed by atoms with Crippen LogP contribution in [0.25, 0.3) is 0 Å². The minimum Gasteiger partial charge on any atom is -0.182 e. The molecule has 0 bridgehead atoms. The third kappa shape index (κ3) is 1.91. The van der Waals surface area contributed by atoms with Gasteiger partial charge in [-0.15, -0.1) is 22.6 Å². The minimum absolute atomic E-state index is 0.376. The first kappa shape index (κ1) is 8.35. The minimum atomic E-state index is 0.376. The Hall–Kier alpha value is 1.75. The Morgan fingerprint density at radius 1 is 1.30 bits per heavy atom. The fraction of sp³-hybridized carbons (Fsp3) is 1.00. The molecule has 0 aromatic heterocycles. The molecule has 0 nitrogen and oxygen atoms in total. The Labute approximate surface area is 80.6 Å². The zero-order chi connectivity index (χ0) is 6.81. The third-order valence-electron chi connectivity index (χ3n) is 1.53. The Balaban J connectivity index is 1.78. The van der Waals surface area contributed by atoms with Gasteiger partial charge in [0.15, 0.2) is 0 Å². The largest absolute Gasteiger partial charge is 0.182 e. The number of rotatable bonds is 1. The molecule has 2 aliphatic heterocycles. The number of thiol groups is 1. The van der Waals surface area contributed by atoms with E-state index in [0.717, 1.165) is 4.58 Å². The first-order valence-electron chi connectivity index (χ1n) is 3.22. The van der Waals surface area contributed by atoms with Gasteiger partial charge < -0.3 is 0 Å². The highest BCUT2D eigenvalue weighted by atomic mass is 33.2. The maximum absolute atomic E-state index is 2.23. The highest BCUT2D eigenvalue weighted by Crippen LogP contribution is 2.61. The summed E-state index contributed by atoms with van der Waals surface area (Å²) in [5.74, 6) is 1.43. The van der Waals surface area contributed by atoms with Gasteiger partial charge in [-0.3, -0.25) is 0 Å². The van der Waals surface area contributed by atoms with Crippen LogP contribution in [0.5, 0.6) is 0 Å². The molecule has 0 amide bonds. The maximum atomic E-state index is 2.23. The first-order chi connectivity index (χ1) is 4.97. The lowest BCUT2D eigenvalue weighted by Gasteiger charge is -2.37. The molecule has 0 spiro atoms. The van der Waals surface area contributed by atoms with Crippen LogP contribution in [0.15, 0.2) is 0 Å². The van der Waals surface area contributed by atoms with E-state index in [4.69, 9.17) is 0 Å². The highest BCUT2D eigenvalue weighted by molar-refractivity contribution is 8.97. The van der Waals surface area contributed by atoms with E-state index >= 15 is 0 Å². The zero-order valence-corrected chi connectivity index (χ0v) is 9.65. The molecule has 0 radical (unpaired) electrons. The average Bonchev–Trinajstić information content (AvgIpc) is 1.86. The van der Waals surface area contributed by atoms with Crippen LogP contribution in [0, 0.1) is 0 Å². The van der Waals surface area contributed by atoms with Crippen LogP contribution in [0.1, 0.15) is 6.42 Å². The lowest BCUT2D eigenvalue weighted by molar-refractivity contribution is 1.01. The fourth-order valence-corrected chi connectivity index (χ4v) is 15.0. The molecule has 2 rings (SSSR count). The molecule has 0 aliphatic carbocycles. The predicted octanol–water partition coefficient (Wildman–Crippen LogP) is 3.41. The number of thioether (sulfide) groups is 1. The van der Waals surface area contributed by atoms with E-state index in [1.54, 1.807) is 0 Å². The van der Waals surface area contributed by atoms with Gasteiger partial charge in [0.25, 0.3) is 0 Å². The van der Waals surface area contributed by atoms with Crippen LogP contribution in [0.3, 0.4) is 0 Å². The lowest BCUT2D eigenvalue weighted by atomic mass is 10.5. The van der Waals surface area contributed by atoms with Crippen LogP contribution in [0.2, 0.25) is 0 Å². The van der Waals surface area contributed by atoms with E-state index in [9.17, 15) is 0 Å². The molecular formula is C5H10S5. The van der Waals surface area contributed by atoms with Gasteiger partial charge in [0, 0.05) is 9.67 Å². The molecule has 10 heavy (non-hydrogen) atoms. The van der Waals surface area contributed by atoms with Crippen LogP contribution in [-0.2, 0) is 0 Å². The third-order valence-corrected chi connectivity index (χ3v) is 13.8. The molecule has 0 N–H and O–H groups in total. The number of hydrogen-bond donors (Lipinski definition) is 1. The van der Waals surface area contributed by atoms with Crippen molar-refractivity contribution in [1.82, 2.24) is 0 Å². The van der Waals surface area contributed by atoms with Gasteiger partial charge in [0.05, 0.1) is 5.08 Å². The van der Waals surface area contributed by atoms with Gasteiger partial charge in [-0.1, -0.05) is 21.6 Å². The highest BCUT2D eigenvalue weighted by Gasteiger charge is 2.27. The van der Waals surface area contributed by atoms with E-state index in [1.165, 1.54) is 22.3 Å². The predicted molar refractivity (Wildman–Crippen MR) is 62.4 cm³/mol. The van der Waals surface area contributed by atoms with Crippen molar-refractivity contribution >= 4 is 54.1 Å². The average molecular weight is 230 g/mol. The van der Waals surface area contributed by atoms with Crippen molar-refractivity contribution in [3.8, 4) is 0 Å². The Morgan fingerprint density at radius 3 is 2.70 bits per heavy atom. The second kappa shape index (κ2) is 4.12. The van der Waals surface area contributed by atoms with Crippen molar-refractivity contribution in [2.75, 3.05) is 15.9 Å². The van der Waals surface area contributed by atoms with Gasteiger partial charge in [-0.2, -0.15) is 9.93 Å². The molecule has 60 valence electrons. The second-order valence-electron chi connectivity index (χ2n) is 2.14. The zero-order valence-electron chi connectivity index (χ0n) is 5.49. The van der Waals surface area contributed by atoms with Crippen molar-refractivity contribution in [3.05, 3.63) is 0 Å². The molecule has 2 fully saturated rings. The summed E-state index contributed by atoms with van der Waals surface area (Å²) in [6.07, 6.45) is 1.51. The van der Waals surface area contributed by atoms with Crippen LogP contribution >= 0.6 is 54.1 Å². The quantitative estimate of drug-likeness (QED) is 0.541. The van der Waals surface area contributed by atoms with E-state index in [2.05, 4.69) is 33.3 Å². The molecule has 0 saturated carbocycles. The summed E-state index contributed by atoms with van der Waals surface area (Å²) in [5.41, 5.74) is 0. The second-order valence-corrected chi connectivity index (χ2v) is 11.6. The van der Waals surface area contributed by atoms with Crippen LogP contribution in [0.4, 0.5) is 0 Å². The Kier molecular flexibility index (Phi) is 3.44. The summed E-state index contributed by atoms with van der Waals surface area (Å²) in [7, 11) is 6.74. The van der Waals surface area contributed by atoms with Crippen molar-refractivity contribution in [3.63, 3.8) is 0 Å². The van der Waals surface area contributed by atoms with Crippen molar-refractivity contribution in [2.24, 2.45) is 0 Å². The van der Waals surface area contributed by atoms with E-state index in [-0.39, 0.29) is 0 Å². The molecule has 0 aromatic carbocycles. The normalized spacial score (nSPS) is 44.4. The fourth-order valence-electron chi connectivity index (χ4n) is 0.866. The molecule has 2 atom stereocenters. The van der Waals surface area contributed by atoms with E-state index in [0.29, 0.717) is 9.93 Å². The van der Waals surface area contributed by atoms with Crippen molar-refractivity contribution in [2.45, 2.75) is 11.0 Å². The topological polar surface area (TPSA) is 0 Å². The van der Waals surface area contributed by atoms with Crippen molar-refractivity contribution in [1.29, 1.82) is 0 Å². The van der Waals surface area contributed by atoms with Crippen LogP contribution in [-0.4, -0.2) is 20.5 Å². The summed E-state index contributed by atoms with van der Waals surface area (Å²) >= 11 is 2.20. The summed E-state index contributed by atoms with van der Waals surface area (Å²) < 4.78 is 1.08. The Morgan fingerprint density at radius 2 is 2.20 bits per heavy atom. The maximum Gasteiger partial charge on any atom is 0.0583 e. The molecule has 2 unspecified atom stereocenters. The van der Waals surface area contributed by atoms with Gasteiger partial charge in [0.1, 0.15) is 0 Å².